The van der Waals surface area contributed by atoms with Gasteiger partial charge in [-0.05, 0) is 29.8 Å². The third-order valence-corrected chi connectivity index (χ3v) is 3.43. The Morgan fingerprint density at radius 3 is 2.17 bits per heavy atom. The van der Waals surface area contributed by atoms with Crippen molar-refractivity contribution in [1.82, 2.24) is 4.98 Å². The maximum absolute atomic E-state index is 13.8. The lowest BCUT2D eigenvalue weighted by Crippen LogP contribution is -2.14. The van der Waals surface area contributed by atoms with Gasteiger partial charge in [0.1, 0.15) is 5.82 Å². The zero-order valence-corrected chi connectivity index (χ0v) is 12.2. The summed E-state index contributed by atoms with van der Waals surface area (Å²) in [5.41, 5.74) is 1.50. The Bertz CT molecular complexity index is 751. The minimum atomic E-state index is -0.700. The Labute approximate surface area is 133 Å². The molecule has 0 N–H and O–H groups in total. The summed E-state index contributed by atoms with van der Waals surface area (Å²) in [7, 11) is 0. The molecule has 0 aliphatic carbocycles. The second kappa shape index (κ2) is 6.83. The van der Waals surface area contributed by atoms with Crippen molar-refractivity contribution in [2.24, 2.45) is 0 Å². The molecule has 23 heavy (non-hydrogen) atoms. The summed E-state index contributed by atoms with van der Waals surface area (Å²) in [6.45, 7) is 0. The highest BCUT2D eigenvalue weighted by Crippen LogP contribution is 2.27. The molecule has 0 fully saturated rings. The van der Waals surface area contributed by atoms with Crippen molar-refractivity contribution in [2.75, 3.05) is 0 Å². The van der Waals surface area contributed by atoms with Crippen LogP contribution in [0.3, 0.4) is 0 Å². The number of carbonyl (C=O) groups excluding carboxylic acids is 1. The average molecular weight is 307 g/mol. The molecule has 0 bridgehead atoms. The normalized spacial score (nSPS) is 11.7. The summed E-state index contributed by atoms with van der Waals surface area (Å²) in [4.78, 5) is 16.3. The van der Waals surface area contributed by atoms with Gasteiger partial charge in [-0.25, -0.2) is 9.18 Å². The fraction of sp³-hybridized carbons (Fsp3) is 0.0526. The van der Waals surface area contributed by atoms with Crippen LogP contribution in [0.15, 0.2) is 79.1 Å². The van der Waals surface area contributed by atoms with E-state index in [1.54, 1.807) is 30.6 Å². The van der Waals surface area contributed by atoms with Gasteiger partial charge in [-0.3, -0.25) is 4.98 Å². The predicted molar refractivity (Wildman–Crippen MR) is 84.3 cm³/mol. The summed E-state index contributed by atoms with van der Waals surface area (Å²) >= 11 is 0. The van der Waals surface area contributed by atoms with E-state index >= 15 is 0 Å². The molecule has 0 saturated carbocycles. The lowest BCUT2D eigenvalue weighted by atomic mass is 10.0. The summed E-state index contributed by atoms with van der Waals surface area (Å²) in [6, 6.07) is 18.6. The van der Waals surface area contributed by atoms with Gasteiger partial charge in [-0.1, -0.05) is 42.5 Å². The van der Waals surface area contributed by atoms with E-state index in [2.05, 4.69) is 4.98 Å². The molecule has 2 aromatic carbocycles. The topological polar surface area (TPSA) is 39.2 Å². The Morgan fingerprint density at radius 1 is 0.870 bits per heavy atom. The van der Waals surface area contributed by atoms with E-state index < -0.39 is 17.9 Å². The Balaban J connectivity index is 1.94. The van der Waals surface area contributed by atoms with Crippen molar-refractivity contribution in [2.45, 2.75) is 6.10 Å². The van der Waals surface area contributed by atoms with Crippen molar-refractivity contribution >= 4 is 5.97 Å². The molecule has 1 atom stereocenters. The largest absolute Gasteiger partial charge is 0.449 e. The van der Waals surface area contributed by atoms with Gasteiger partial charge in [-0.2, -0.15) is 0 Å². The molecule has 3 aromatic rings. The molecule has 0 radical (unpaired) electrons. The average Bonchev–Trinajstić information content (AvgIpc) is 2.61. The van der Waals surface area contributed by atoms with Crippen LogP contribution >= 0.6 is 0 Å². The highest BCUT2D eigenvalue weighted by Gasteiger charge is 2.21. The molecule has 0 aliphatic rings. The summed E-state index contributed by atoms with van der Waals surface area (Å²) in [5.74, 6) is -1.30. The number of ether oxygens (including phenoxy) is 1. The van der Waals surface area contributed by atoms with Crippen molar-refractivity contribution in [3.8, 4) is 0 Å². The first-order chi connectivity index (χ1) is 11.3. The van der Waals surface area contributed by atoms with Gasteiger partial charge in [0.15, 0.2) is 6.10 Å². The number of halogens is 1. The molecule has 3 rings (SSSR count). The maximum atomic E-state index is 13.8. The highest BCUT2D eigenvalue weighted by molar-refractivity contribution is 5.90. The number of hydrogen-bond donors (Lipinski definition) is 0. The van der Waals surface area contributed by atoms with Gasteiger partial charge in [0, 0.05) is 18.0 Å². The van der Waals surface area contributed by atoms with Gasteiger partial charge < -0.3 is 4.74 Å². The Kier molecular flexibility index (Phi) is 4.43. The summed E-state index contributed by atoms with van der Waals surface area (Å²) in [5, 5.41) is 0. The third kappa shape index (κ3) is 3.43. The number of pyridine rings is 1. The molecule has 1 heterocycles. The van der Waals surface area contributed by atoms with Gasteiger partial charge in [0.25, 0.3) is 0 Å². The standard InChI is InChI=1S/C19H14FNO2/c20-17-9-5-4-8-16(17)19(22)23-18(14-6-2-1-3-7-14)15-10-12-21-13-11-15/h1-13,18H. The fourth-order valence-electron chi connectivity index (χ4n) is 2.29. The van der Waals surface area contributed by atoms with Crippen LogP contribution in [0.2, 0.25) is 0 Å². The number of aromatic nitrogens is 1. The number of esters is 1. The number of rotatable bonds is 4. The number of carbonyl (C=O) groups is 1. The van der Waals surface area contributed by atoms with E-state index in [4.69, 9.17) is 4.74 Å². The summed E-state index contributed by atoms with van der Waals surface area (Å²) < 4.78 is 19.4. The fourth-order valence-corrected chi connectivity index (χ4v) is 2.29. The van der Waals surface area contributed by atoms with Crippen LogP contribution in [0, 0.1) is 5.82 Å². The van der Waals surface area contributed by atoms with Crippen molar-refractivity contribution in [3.63, 3.8) is 0 Å². The SMILES string of the molecule is O=C(OC(c1ccccc1)c1ccncc1)c1ccccc1F. The van der Waals surface area contributed by atoms with Gasteiger partial charge in [0.2, 0.25) is 0 Å². The van der Waals surface area contributed by atoms with E-state index in [1.807, 2.05) is 30.3 Å². The Hall–Kier alpha value is -3.01. The monoisotopic (exact) mass is 307 g/mol. The van der Waals surface area contributed by atoms with Gasteiger partial charge in [0.05, 0.1) is 5.56 Å². The number of hydrogen-bond acceptors (Lipinski definition) is 3. The van der Waals surface area contributed by atoms with Crippen LogP contribution in [0.1, 0.15) is 27.6 Å². The van der Waals surface area contributed by atoms with Crippen LogP contribution < -0.4 is 0 Å². The number of benzene rings is 2. The van der Waals surface area contributed by atoms with E-state index in [0.29, 0.717) is 0 Å². The molecule has 1 aromatic heterocycles. The molecular weight excluding hydrogens is 293 g/mol. The minimum Gasteiger partial charge on any atom is -0.449 e. The van der Waals surface area contributed by atoms with Crippen LogP contribution in [0.25, 0.3) is 0 Å². The lowest BCUT2D eigenvalue weighted by molar-refractivity contribution is 0.0372. The first kappa shape index (κ1) is 14.9. The van der Waals surface area contributed by atoms with E-state index in [9.17, 15) is 9.18 Å². The van der Waals surface area contributed by atoms with Crippen LogP contribution in [-0.4, -0.2) is 11.0 Å². The zero-order valence-electron chi connectivity index (χ0n) is 12.2. The molecule has 0 amide bonds. The molecular formula is C19H14FNO2. The van der Waals surface area contributed by atoms with E-state index in [-0.39, 0.29) is 5.56 Å². The first-order valence-electron chi connectivity index (χ1n) is 7.16. The van der Waals surface area contributed by atoms with Crippen LogP contribution in [0.4, 0.5) is 4.39 Å². The molecule has 114 valence electrons. The van der Waals surface area contributed by atoms with Crippen LogP contribution in [-0.2, 0) is 4.74 Å². The second-order valence-corrected chi connectivity index (χ2v) is 4.96. The molecule has 0 aliphatic heterocycles. The number of nitrogens with zero attached hydrogens (tertiary/aromatic N) is 1. The molecule has 1 unspecified atom stereocenters. The summed E-state index contributed by atoms with van der Waals surface area (Å²) in [6.07, 6.45) is 2.64. The lowest BCUT2D eigenvalue weighted by Gasteiger charge is -2.19. The predicted octanol–water partition coefficient (Wildman–Crippen LogP) is 4.17. The highest BCUT2D eigenvalue weighted by atomic mass is 19.1. The van der Waals surface area contributed by atoms with Crippen molar-refractivity contribution in [1.29, 1.82) is 0 Å². The van der Waals surface area contributed by atoms with E-state index in [1.165, 1.54) is 18.2 Å². The smallest absolute Gasteiger partial charge is 0.342 e. The van der Waals surface area contributed by atoms with E-state index in [0.717, 1.165) is 11.1 Å². The van der Waals surface area contributed by atoms with Crippen molar-refractivity contribution < 1.29 is 13.9 Å². The maximum Gasteiger partial charge on any atom is 0.342 e. The van der Waals surface area contributed by atoms with Gasteiger partial charge >= 0.3 is 5.97 Å². The first-order valence-corrected chi connectivity index (χ1v) is 7.16. The van der Waals surface area contributed by atoms with Crippen molar-refractivity contribution in [3.05, 3.63) is 102 Å². The quantitative estimate of drug-likeness (QED) is 0.679. The zero-order chi connectivity index (χ0) is 16.1. The molecule has 0 spiro atoms. The Morgan fingerprint density at radius 2 is 1.48 bits per heavy atom. The molecule has 3 nitrogen and oxygen atoms in total. The second-order valence-electron chi connectivity index (χ2n) is 4.96. The third-order valence-electron chi connectivity index (χ3n) is 3.43. The van der Waals surface area contributed by atoms with Crippen LogP contribution in [0.5, 0.6) is 0 Å². The van der Waals surface area contributed by atoms with Gasteiger partial charge in [-0.15, -0.1) is 0 Å². The molecule has 4 heteroatoms. The minimum absolute atomic E-state index is 0.0810. The molecule has 0 saturated heterocycles.